The van der Waals surface area contributed by atoms with Crippen LogP contribution in [-0.4, -0.2) is 48.8 Å². The first-order chi connectivity index (χ1) is 12.9. The molecule has 0 aromatic heterocycles. The van der Waals surface area contributed by atoms with Crippen molar-refractivity contribution in [2.45, 2.75) is 5.72 Å². The lowest BCUT2D eigenvalue weighted by molar-refractivity contribution is -0.150. The number of nitrogens with one attached hydrogen (secondary N) is 1. The molecule has 1 aliphatic heterocycles. The zero-order chi connectivity index (χ0) is 19.4. The Kier molecular flexibility index (Phi) is 5.65. The molecule has 1 aliphatic rings. The summed E-state index contributed by atoms with van der Waals surface area (Å²) in [7, 11) is 0. The van der Waals surface area contributed by atoms with Crippen LogP contribution in [0.25, 0.3) is 0 Å². The number of hydrogen-bond acceptors (Lipinski definition) is 6. The van der Waals surface area contributed by atoms with Crippen molar-refractivity contribution in [2.75, 3.05) is 31.1 Å². The van der Waals surface area contributed by atoms with Crippen LogP contribution < -0.4 is 20.7 Å². The molecule has 0 bridgehead atoms. The summed E-state index contributed by atoms with van der Waals surface area (Å²) < 4.78 is 5.42. The van der Waals surface area contributed by atoms with Gasteiger partial charge in [-0.2, -0.15) is 0 Å². The zero-order valence-electron chi connectivity index (χ0n) is 14.5. The summed E-state index contributed by atoms with van der Waals surface area (Å²) in [5.74, 6) is -2.33. The molecule has 1 atom stereocenters. The maximum absolute atomic E-state index is 12.6. The number of carboxylic acids is 1. The number of nitrogens with zero attached hydrogens (tertiary/aromatic N) is 1. The van der Waals surface area contributed by atoms with Gasteiger partial charge in [-0.1, -0.05) is 41.9 Å². The molecule has 0 amide bonds. The molecule has 3 rings (SSSR count). The van der Waals surface area contributed by atoms with Gasteiger partial charge in [0.25, 0.3) is 0 Å². The summed E-state index contributed by atoms with van der Waals surface area (Å²) in [4.78, 5) is 26.5. The molecule has 0 spiro atoms. The zero-order valence-corrected chi connectivity index (χ0v) is 15.3. The smallest absolute Gasteiger partial charge is 0.372 e. The number of aliphatic carboxylic acids is 1. The van der Waals surface area contributed by atoms with Crippen LogP contribution in [-0.2, 0) is 4.79 Å². The molecule has 27 heavy (non-hydrogen) atoms. The first kappa shape index (κ1) is 19.2. The molecule has 142 valence electrons. The van der Waals surface area contributed by atoms with E-state index < -0.39 is 17.5 Å². The Hall–Kier alpha value is -2.61. The number of nitrogens with two attached hydrogens (primary N) is 1. The minimum absolute atomic E-state index is 0.105. The number of halogens is 1. The van der Waals surface area contributed by atoms with E-state index in [4.69, 9.17) is 22.1 Å². The highest BCUT2D eigenvalue weighted by molar-refractivity contribution is 6.33. The third-order valence-corrected chi connectivity index (χ3v) is 4.65. The van der Waals surface area contributed by atoms with Crippen molar-refractivity contribution in [3.8, 4) is 5.75 Å². The van der Waals surface area contributed by atoms with E-state index in [1.165, 1.54) is 18.2 Å². The van der Waals surface area contributed by atoms with Crippen molar-refractivity contribution in [1.82, 2.24) is 5.32 Å². The van der Waals surface area contributed by atoms with Crippen LogP contribution in [0.1, 0.15) is 10.4 Å². The fourth-order valence-corrected chi connectivity index (χ4v) is 3.18. The molecular weight excluding hydrogens is 370 g/mol. The van der Waals surface area contributed by atoms with Crippen molar-refractivity contribution < 1.29 is 19.4 Å². The van der Waals surface area contributed by atoms with Crippen molar-refractivity contribution >= 4 is 29.0 Å². The third kappa shape index (κ3) is 4.05. The van der Waals surface area contributed by atoms with Gasteiger partial charge in [-0.3, -0.25) is 10.5 Å². The minimum atomic E-state index is -2.55. The second-order valence-corrected chi connectivity index (χ2v) is 6.60. The van der Waals surface area contributed by atoms with Gasteiger partial charge in [-0.25, -0.2) is 4.79 Å². The number of piperazine rings is 1. The summed E-state index contributed by atoms with van der Waals surface area (Å²) in [6.45, 7) is 3.32. The van der Waals surface area contributed by atoms with E-state index in [1.807, 2.05) is 0 Å². The predicted molar refractivity (Wildman–Crippen MR) is 102 cm³/mol. The molecule has 1 saturated heterocycles. The monoisotopic (exact) mass is 389 g/mol. The van der Waals surface area contributed by atoms with Crippen molar-refractivity contribution in [3.05, 3.63) is 59.1 Å². The number of hydrogen-bond donors (Lipinski definition) is 3. The van der Waals surface area contributed by atoms with Crippen LogP contribution in [0.5, 0.6) is 5.75 Å². The van der Waals surface area contributed by atoms with E-state index in [1.54, 1.807) is 30.3 Å². The number of anilines is 1. The summed E-state index contributed by atoms with van der Waals surface area (Å²) in [6, 6.07) is 12.7. The Bertz CT molecular complexity index is 840. The predicted octanol–water partition coefficient (Wildman–Crippen LogP) is 1.75. The van der Waals surface area contributed by atoms with Crippen LogP contribution in [0.2, 0.25) is 5.02 Å². The molecule has 0 aliphatic carbocycles. The summed E-state index contributed by atoms with van der Waals surface area (Å²) in [5, 5.41) is 13.2. The molecule has 0 saturated carbocycles. The van der Waals surface area contributed by atoms with Crippen LogP contribution in [0.4, 0.5) is 5.69 Å². The Balaban J connectivity index is 1.85. The highest BCUT2D eigenvalue weighted by Crippen LogP contribution is 2.31. The number of ketones is 1. The quantitative estimate of drug-likeness (QED) is 0.392. The second-order valence-electron chi connectivity index (χ2n) is 6.19. The van der Waals surface area contributed by atoms with Crippen LogP contribution >= 0.6 is 11.6 Å². The average molecular weight is 390 g/mol. The molecule has 1 heterocycles. The van der Waals surface area contributed by atoms with Crippen molar-refractivity contribution in [3.63, 3.8) is 0 Å². The van der Waals surface area contributed by atoms with Gasteiger partial charge in [0.2, 0.25) is 5.78 Å². The number of carboxylic acid groups (broad SMARTS) is 1. The van der Waals surface area contributed by atoms with E-state index in [2.05, 4.69) is 10.2 Å². The van der Waals surface area contributed by atoms with Crippen LogP contribution in [0.3, 0.4) is 0 Å². The largest absolute Gasteiger partial charge is 0.477 e. The van der Waals surface area contributed by atoms with Gasteiger partial charge in [0.05, 0.1) is 10.7 Å². The van der Waals surface area contributed by atoms with Crippen LogP contribution in [0, 0.1) is 0 Å². The summed E-state index contributed by atoms with van der Waals surface area (Å²) in [5.41, 5.74) is 4.25. The standard InChI is InChI=1S/C19H20ClN3O4/c20-15-12-14(6-7-16(15)23-10-8-22-9-11-23)27-19(21,18(25)26)17(24)13-4-2-1-3-5-13/h1-7,12,22H,8-11,21H2,(H,25,26). The van der Waals surface area contributed by atoms with Gasteiger partial charge in [0.1, 0.15) is 5.75 Å². The molecule has 2 aromatic carbocycles. The Morgan fingerprint density at radius 2 is 1.81 bits per heavy atom. The Morgan fingerprint density at radius 3 is 2.41 bits per heavy atom. The van der Waals surface area contributed by atoms with Gasteiger partial charge in [0.15, 0.2) is 0 Å². The van der Waals surface area contributed by atoms with E-state index in [0.29, 0.717) is 5.02 Å². The number of carbonyl (C=O) groups is 2. The fraction of sp³-hybridized carbons (Fsp3) is 0.263. The molecule has 1 unspecified atom stereocenters. The number of rotatable bonds is 6. The van der Waals surface area contributed by atoms with Crippen molar-refractivity contribution in [2.24, 2.45) is 5.73 Å². The third-order valence-electron chi connectivity index (χ3n) is 4.35. The number of benzene rings is 2. The lowest BCUT2D eigenvalue weighted by atomic mass is 10.0. The molecule has 4 N–H and O–H groups in total. The second kappa shape index (κ2) is 7.96. The first-order valence-electron chi connectivity index (χ1n) is 8.48. The van der Waals surface area contributed by atoms with E-state index in [9.17, 15) is 14.7 Å². The lowest BCUT2D eigenvalue weighted by Crippen LogP contribution is -2.59. The molecule has 0 radical (unpaired) electrons. The Labute approximate surface area is 161 Å². The SMILES string of the molecule is NC(Oc1ccc(N2CCNCC2)c(Cl)c1)(C(=O)O)C(=O)c1ccccc1. The van der Waals surface area contributed by atoms with Crippen molar-refractivity contribution in [1.29, 1.82) is 0 Å². The normalized spacial score (nSPS) is 16.4. The van der Waals surface area contributed by atoms with E-state index in [-0.39, 0.29) is 11.3 Å². The molecule has 1 fully saturated rings. The fourth-order valence-electron chi connectivity index (χ4n) is 2.89. The van der Waals surface area contributed by atoms with E-state index in [0.717, 1.165) is 31.9 Å². The number of ether oxygens (including phenoxy) is 1. The van der Waals surface area contributed by atoms with Gasteiger partial charge < -0.3 is 20.1 Å². The average Bonchev–Trinajstić information content (AvgIpc) is 2.68. The topological polar surface area (TPSA) is 105 Å². The van der Waals surface area contributed by atoms with Gasteiger partial charge in [-0.05, 0) is 12.1 Å². The van der Waals surface area contributed by atoms with E-state index >= 15 is 0 Å². The first-order valence-corrected chi connectivity index (χ1v) is 8.86. The van der Waals surface area contributed by atoms with Gasteiger partial charge in [-0.15, -0.1) is 0 Å². The lowest BCUT2D eigenvalue weighted by Gasteiger charge is -2.30. The highest BCUT2D eigenvalue weighted by atomic mass is 35.5. The maximum atomic E-state index is 12.6. The summed E-state index contributed by atoms with van der Waals surface area (Å²) in [6.07, 6.45) is 0. The maximum Gasteiger partial charge on any atom is 0.372 e. The highest BCUT2D eigenvalue weighted by Gasteiger charge is 2.45. The minimum Gasteiger partial charge on any atom is -0.477 e. The number of carbonyl (C=O) groups excluding carboxylic acids is 1. The van der Waals surface area contributed by atoms with Crippen LogP contribution in [0.15, 0.2) is 48.5 Å². The number of Topliss-reactive ketones (excluding diaryl/α,β-unsaturated/α-hetero) is 1. The van der Waals surface area contributed by atoms with Gasteiger partial charge in [0, 0.05) is 37.8 Å². The Morgan fingerprint density at radius 1 is 1.15 bits per heavy atom. The van der Waals surface area contributed by atoms with Gasteiger partial charge >= 0.3 is 11.7 Å². The molecule has 7 nitrogen and oxygen atoms in total. The molecule has 2 aromatic rings. The molecular formula is C19H20ClN3O4. The molecule has 8 heteroatoms. The summed E-state index contributed by atoms with van der Waals surface area (Å²) >= 11 is 6.35.